The summed E-state index contributed by atoms with van der Waals surface area (Å²) in [6.45, 7) is 0. The Kier molecular flexibility index (Phi) is 3.96. The topological polar surface area (TPSA) is 58.0 Å². The molecule has 0 radical (unpaired) electrons. The van der Waals surface area contributed by atoms with Crippen molar-refractivity contribution in [1.82, 2.24) is 10.2 Å². The van der Waals surface area contributed by atoms with Gasteiger partial charge in [0.05, 0.1) is 0 Å². The molecule has 4 nitrogen and oxygen atoms in total. The van der Waals surface area contributed by atoms with Crippen LogP contribution in [0.15, 0.2) is 72.8 Å². The lowest BCUT2D eigenvalue weighted by molar-refractivity contribution is 0.475. The Morgan fingerprint density at radius 1 is 0.760 bits per heavy atom. The van der Waals surface area contributed by atoms with Crippen molar-refractivity contribution in [3.8, 4) is 17.0 Å². The van der Waals surface area contributed by atoms with Gasteiger partial charge in [-0.2, -0.15) is 0 Å². The fourth-order valence-electron chi connectivity index (χ4n) is 2.70. The molecule has 0 spiro atoms. The van der Waals surface area contributed by atoms with Crippen LogP contribution in [0.1, 0.15) is 0 Å². The maximum absolute atomic E-state index is 9.49. The molecule has 3 aromatic carbocycles. The first kappa shape index (κ1) is 15.4. The van der Waals surface area contributed by atoms with Gasteiger partial charge >= 0.3 is 0 Å². The number of hydrogen-bond donors (Lipinski definition) is 2. The first-order valence-corrected chi connectivity index (χ1v) is 8.16. The van der Waals surface area contributed by atoms with Gasteiger partial charge in [0.15, 0.2) is 5.82 Å². The minimum atomic E-state index is 0.224. The van der Waals surface area contributed by atoms with Crippen molar-refractivity contribution >= 4 is 33.9 Å². The van der Waals surface area contributed by atoms with Crippen molar-refractivity contribution in [3.63, 3.8) is 0 Å². The van der Waals surface area contributed by atoms with Gasteiger partial charge in [0.2, 0.25) is 0 Å². The Labute approximate surface area is 149 Å². The number of anilines is 2. The van der Waals surface area contributed by atoms with E-state index in [4.69, 9.17) is 11.6 Å². The zero-order valence-electron chi connectivity index (χ0n) is 13.1. The third kappa shape index (κ3) is 3.12. The number of aromatic nitrogens is 2. The third-order valence-corrected chi connectivity index (χ3v) is 4.19. The summed E-state index contributed by atoms with van der Waals surface area (Å²) in [5.41, 5.74) is 2.57. The molecular weight excluding hydrogens is 334 g/mol. The Morgan fingerprint density at radius 3 is 2.16 bits per heavy atom. The van der Waals surface area contributed by atoms with Crippen molar-refractivity contribution in [2.24, 2.45) is 0 Å². The highest BCUT2D eigenvalue weighted by molar-refractivity contribution is 6.30. The maximum atomic E-state index is 9.49. The zero-order chi connectivity index (χ0) is 17.2. The number of benzene rings is 3. The predicted molar refractivity (Wildman–Crippen MR) is 101 cm³/mol. The molecule has 122 valence electrons. The van der Waals surface area contributed by atoms with E-state index in [-0.39, 0.29) is 5.75 Å². The van der Waals surface area contributed by atoms with Crippen molar-refractivity contribution in [2.45, 2.75) is 0 Å². The summed E-state index contributed by atoms with van der Waals surface area (Å²) in [5, 5.41) is 24.2. The largest absolute Gasteiger partial charge is 0.508 e. The van der Waals surface area contributed by atoms with Crippen molar-refractivity contribution in [1.29, 1.82) is 0 Å². The monoisotopic (exact) mass is 347 g/mol. The van der Waals surface area contributed by atoms with Crippen molar-refractivity contribution in [3.05, 3.63) is 77.8 Å². The molecular formula is C20H14ClN3O. The van der Waals surface area contributed by atoms with Gasteiger partial charge in [0, 0.05) is 27.0 Å². The van der Waals surface area contributed by atoms with E-state index in [1.165, 1.54) is 0 Å². The van der Waals surface area contributed by atoms with Crippen LogP contribution in [0.2, 0.25) is 5.02 Å². The van der Waals surface area contributed by atoms with Gasteiger partial charge in [-0.1, -0.05) is 35.9 Å². The van der Waals surface area contributed by atoms with Crippen LogP contribution in [-0.2, 0) is 0 Å². The number of aromatic hydroxyl groups is 1. The van der Waals surface area contributed by atoms with Crippen LogP contribution in [0.25, 0.3) is 22.0 Å². The number of fused-ring (bicyclic) bond motifs is 1. The van der Waals surface area contributed by atoms with E-state index >= 15 is 0 Å². The number of halogens is 1. The number of phenolic OH excluding ortho intramolecular Hbond substituents is 1. The van der Waals surface area contributed by atoms with E-state index in [1.807, 2.05) is 60.7 Å². The van der Waals surface area contributed by atoms with Gasteiger partial charge in [-0.15, -0.1) is 10.2 Å². The molecule has 25 heavy (non-hydrogen) atoms. The molecule has 1 aromatic heterocycles. The van der Waals surface area contributed by atoms with Gasteiger partial charge in [-0.05, 0) is 48.5 Å². The minimum absolute atomic E-state index is 0.224. The maximum Gasteiger partial charge on any atom is 0.161 e. The molecule has 0 aliphatic rings. The molecule has 0 bridgehead atoms. The Bertz CT molecular complexity index is 1030. The Morgan fingerprint density at radius 2 is 1.44 bits per heavy atom. The highest BCUT2D eigenvalue weighted by Gasteiger charge is 2.11. The van der Waals surface area contributed by atoms with Crippen LogP contribution in [0, 0.1) is 0 Å². The second-order valence-corrected chi connectivity index (χ2v) is 6.06. The van der Waals surface area contributed by atoms with Crippen LogP contribution < -0.4 is 5.32 Å². The summed E-state index contributed by atoms with van der Waals surface area (Å²) in [4.78, 5) is 0. The molecule has 4 aromatic rings. The quantitative estimate of drug-likeness (QED) is 0.521. The molecule has 1 heterocycles. The van der Waals surface area contributed by atoms with Gasteiger partial charge in [0.1, 0.15) is 11.4 Å². The summed E-state index contributed by atoms with van der Waals surface area (Å²) in [6, 6.07) is 22.4. The average Bonchev–Trinajstić information content (AvgIpc) is 2.65. The molecule has 5 heteroatoms. The van der Waals surface area contributed by atoms with E-state index in [0.717, 1.165) is 27.7 Å². The highest BCUT2D eigenvalue weighted by Crippen LogP contribution is 2.31. The van der Waals surface area contributed by atoms with E-state index < -0.39 is 0 Å². The van der Waals surface area contributed by atoms with Crippen LogP contribution >= 0.6 is 11.6 Å². The summed E-state index contributed by atoms with van der Waals surface area (Å²) in [6.07, 6.45) is 0. The summed E-state index contributed by atoms with van der Waals surface area (Å²) in [7, 11) is 0. The second-order valence-electron chi connectivity index (χ2n) is 5.62. The molecule has 4 rings (SSSR count). The van der Waals surface area contributed by atoms with E-state index in [9.17, 15) is 5.11 Å². The minimum Gasteiger partial charge on any atom is -0.508 e. The molecule has 0 saturated carbocycles. The van der Waals surface area contributed by atoms with Gasteiger partial charge < -0.3 is 10.4 Å². The average molecular weight is 348 g/mol. The molecule has 0 amide bonds. The fourth-order valence-corrected chi connectivity index (χ4v) is 2.82. The van der Waals surface area contributed by atoms with Crippen LogP contribution in [0.4, 0.5) is 11.5 Å². The molecule has 2 N–H and O–H groups in total. The highest BCUT2D eigenvalue weighted by atomic mass is 35.5. The number of nitrogens with zero attached hydrogens (tertiary/aromatic N) is 2. The van der Waals surface area contributed by atoms with Crippen molar-refractivity contribution < 1.29 is 5.11 Å². The normalized spacial score (nSPS) is 10.8. The molecule has 0 saturated heterocycles. The third-order valence-electron chi connectivity index (χ3n) is 3.94. The number of rotatable bonds is 3. The first-order chi connectivity index (χ1) is 12.2. The SMILES string of the molecule is Oc1ccc(-c2nnc(Nc3ccc(Cl)cc3)c3ccccc23)cc1. The van der Waals surface area contributed by atoms with E-state index in [1.54, 1.807) is 12.1 Å². The molecule has 0 atom stereocenters. The van der Waals surface area contributed by atoms with Gasteiger partial charge in [-0.3, -0.25) is 0 Å². The molecule has 0 aliphatic carbocycles. The summed E-state index contributed by atoms with van der Waals surface area (Å²) in [5.74, 6) is 0.905. The summed E-state index contributed by atoms with van der Waals surface area (Å²) >= 11 is 5.94. The Hall–Kier alpha value is -3.11. The number of hydrogen-bond acceptors (Lipinski definition) is 4. The number of phenols is 1. The van der Waals surface area contributed by atoms with Gasteiger partial charge in [-0.25, -0.2) is 0 Å². The lowest BCUT2D eigenvalue weighted by Crippen LogP contribution is -1.99. The lowest BCUT2D eigenvalue weighted by Gasteiger charge is -2.11. The number of nitrogens with one attached hydrogen (secondary N) is 1. The zero-order valence-corrected chi connectivity index (χ0v) is 13.9. The predicted octanol–water partition coefficient (Wildman–Crippen LogP) is 5.40. The lowest BCUT2D eigenvalue weighted by atomic mass is 10.0. The van der Waals surface area contributed by atoms with Gasteiger partial charge in [0.25, 0.3) is 0 Å². The van der Waals surface area contributed by atoms with Crippen LogP contribution in [-0.4, -0.2) is 15.3 Å². The summed E-state index contributed by atoms with van der Waals surface area (Å²) < 4.78 is 0. The van der Waals surface area contributed by atoms with E-state index in [2.05, 4.69) is 15.5 Å². The first-order valence-electron chi connectivity index (χ1n) is 7.78. The van der Waals surface area contributed by atoms with E-state index in [0.29, 0.717) is 10.8 Å². The second kappa shape index (κ2) is 6.42. The smallest absolute Gasteiger partial charge is 0.161 e. The Balaban J connectivity index is 1.81. The molecule has 0 aliphatic heterocycles. The molecule has 0 unspecified atom stereocenters. The van der Waals surface area contributed by atoms with Crippen LogP contribution in [0.3, 0.4) is 0 Å². The van der Waals surface area contributed by atoms with Crippen molar-refractivity contribution in [2.75, 3.05) is 5.32 Å². The van der Waals surface area contributed by atoms with Crippen LogP contribution in [0.5, 0.6) is 5.75 Å². The molecule has 0 fully saturated rings. The fraction of sp³-hybridized carbons (Fsp3) is 0. The standard InChI is InChI=1S/C20H14ClN3O/c21-14-7-9-15(10-8-14)22-20-18-4-2-1-3-17(18)19(23-24-20)13-5-11-16(25)12-6-13/h1-12,25H,(H,22,24).